The molecule has 0 heterocycles. The van der Waals surface area contributed by atoms with Gasteiger partial charge in [0.1, 0.15) is 0 Å². The molecule has 4 aliphatic carbocycles. The van der Waals surface area contributed by atoms with Crippen LogP contribution in [0, 0.1) is 34.5 Å². The average Bonchev–Trinajstić information content (AvgIpc) is 3.00. The number of hydrogen-bond donors (Lipinski definition) is 3. The van der Waals surface area contributed by atoms with Crippen LogP contribution in [-0.2, 0) is 4.79 Å². The molecule has 3 saturated carbocycles. The van der Waals surface area contributed by atoms with Crippen molar-refractivity contribution in [3.05, 3.63) is 11.1 Å². The van der Waals surface area contributed by atoms with E-state index >= 15 is 0 Å². The SMILES string of the molecule is C[C@@H](CCC(=O)O)[C@@H]1CCC2=C3CC[C@@H]4C[C@H](O)CC[C@]4(C)[C@@H]3C[C@H](O)[C@@]21C. The van der Waals surface area contributed by atoms with Crippen LogP contribution in [0.5, 0.6) is 0 Å². The summed E-state index contributed by atoms with van der Waals surface area (Å²) in [5, 5.41) is 30.7. The van der Waals surface area contributed by atoms with Crippen molar-refractivity contribution in [2.24, 2.45) is 34.5 Å². The Morgan fingerprint density at radius 1 is 1.14 bits per heavy atom. The van der Waals surface area contributed by atoms with Crippen LogP contribution in [0.25, 0.3) is 0 Å². The minimum atomic E-state index is -0.719. The van der Waals surface area contributed by atoms with Crippen LogP contribution in [0.15, 0.2) is 11.1 Å². The lowest BCUT2D eigenvalue weighted by Crippen LogP contribution is -2.52. The topological polar surface area (TPSA) is 77.8 Å². The Labute approximate surface area is 169 Å². The first-order valence-corrected chi connectivity index (χ1v) is 11.5. The second-order valence-corrected chi connectivity index (χ2v) is 10.8. The summed E-state index contributed by atoms with van der Waals surface area (Å²) in [7, 11) is 0. The van der Waals surface area contributed by atoms with E-state index in [2.05, 4.69) is 20.8 Å². The molecule has 0 aromatic carbocycles. The lowest BCUT2D eigenvalue weighted by Gasteiger charge is -2.58. The van der Waals surface area contributed by atoms with Gasteiger partial charge in [-0.3, -0.25) is 4.79 Å². The van der Waals surface area contributed by atoms with Crippen LogP contribution >= 0.6 is 0 Å². The van der Waals surface area contributed by atoms with Gasteiger partial charge in [0, 0.05) is 11.8 Å². The third kappa shape index (κ3) is 2.98. The van der Waals surface area contributed by atoms with E-state index in [1.54, 1.807) is 5.57 Å². The number of carbonyl (C=O) groups is 1. The van der Waals surface area contributed by atoms with Crippen LogP contribution in [0.2, 0.25) is 0 Å². The molecule has 8 atom stereocenters. The van der Waals surface area contributed by atoms with Crippen molar-refractivity contribution >= 4 is 5.97 Å². The molecule has 4 aliphatic rings. The molecule has 0 aliphatic heterocycles. The summed E-state index contributed by atoms with van der Waals surface area (Å²) in [5.41, 5.74) is 3.20. The highest BCUT2D eigenvalue weighted by atomic mass is 16.4. The number of rotatable bonds is 4. The van der Waals surface area contributed by atoms with Crippen molar-refractivity contribution in [1.82, 2.24) is 0 Å². The molecular weight excluding hydrogens is 352 g/mol. The molecule has 0 aromatic rings. The summed E-state index contributed by atoms with van der Waals surface area (Å²) in [6.07, 6.45) is 8.65. The fourth-order valence-corrected chi connectivity index (χ4v) is 7.92. The number of aliphatic carboxylic acids is 1. The van der Waals surface area contributed by atoms with E-state index in [9.17, 15) is 15.0 Å². The Kier molecular flexibility index (Phi) is 5.19. The van der Waals surface area contributed by atoms with Gasteiger partial charge >= 0.3 is 5.97 Å². The van der Waals surface area contributed by atoms with Crippen molar-refractivity contribution < 1.29 is 20.1 Å². The molecule has 158 valence electrons. The first-order valence-electron chi connectivity index (χ1n) is 11.5. The maximum absolute atomic E-state index is 11.4. The van der Waals surface area contributed by atoms with E-state index < -0.39 is 5.97 Å². The smallest absolute Gasteiger partial charge is 0.303 e. The number of aliphatic hydroxyl groups excluding tert-OH is 2. The molecule has 4 heteroatoms. The Morgan fingerprint density at radius 3 is 2.61 bits per heavy atom. The standard InChI is InChI=1S/C24H38O4/c1-14(4-9-22(27)28)18-7-8-19-17-6-5-15-12-16(25)10-11-23(15,2)20(17)13-21(26)24(18,19)3/h14-16,18,20-21,25-26H,4-13H2,1-3H3,(H,27,28)/t14-,15+,16+,18-,20+,21-,23-,24+/m0/s1. The molecule has 0 amide bonds. The minimum absolute atomic E-state index is 0.142. The fourth-order valence-electron chi connectivity index (χ4n) is 7.92. The Balaban J connectivity index is 1.64. The molecule has 0 saturated heterocycles. The van der Waals surface area contributed by atoms with Gasteiger partial charge in [-0.05, 0) is 86.9 Å². The van der Waals surface area contributed by atoms with Gasteiger partial charge in [0.05, 0.1) is 12.2 Å². The number of hydrogen-bond acceptors (Lipinski definition) is 3. The normalized spacial score (nSPS) is 46.5. The van der Waals surface area contributed by atoms with Crippen molar-refractivity contribution in [2.45, 2.75) is 97.2 Å². The van der Waals surface area contributed by atoms with Gasteiger partial charge in [-0.1, -0.05) is 31.9 Å². The number of carboxylic acids is 1. The number of allylic oxidation sites excluding steroid dienone is 1. The summed E-state index contributed by atoms with van der Waals surface area (Å²) >= 11 is 0. The predicted octanol–water partition coefficient (Wildman–Crippen LogP) is 4.54. The van der Waals surface area contributed by atoms with Crippen LogP contribution in [0.3, 0.4) is 0 Å². The van der Waals surface area contributed by atoms with Crippen molar-refractivity contribution in [3.8, 4) is 0 Å². The highest BCUT2D eigenvalue weighted by Crippen LogP contribution is 2.65. The van der Waals surface area contributed by atoms with E-state index in [1.165, 1.54) is 12.0 Å². The van der Waals surface area contributed by atoms with Crippen LogP contribution in [-0.4, -0.2) is 33.5 Å². The van der Waals surface area contributed by atoms with E-state index in [4.69, 9.17) is 5.11 Å². The summed E-state index contributed by atoms with van der Waals surface area (Å²) in [4.78, 5) is 11.0. The third-order valence-corrected chi connectivity index (χ3v) is 9.65. The quantitative estimate of drug-likeness (QED) is 0.616. The number of aliphatic hydroxyl groups is 2. The maximum atomic E-state index is 11.4. The minimum Gasteiger partial charge on any atom is -0.481 e. The van der Waals surface area contributed by atoms with E-state index in [0.717, 1.165) is 44.9 Å². The second-order valence-electron chi connectivity index (χ2n) is 10.8. The molecule has 4 rings (SSSR count). The largest absolute Gasteiger partial charge is 0.481 e. The lowest BCUT2D eigenvalue weighted by atomic mass is 9.48. The number of fused-ring (bicyclic) bond motifs is 4. The van der Waals surface area contributed by atoms with Crippen molar-refractivity contribution in [2.75, 3.05) is 0 Å². The van der Waals surface area contributed by atoms with Gasteiger partial charge in [-0.2, -0.15) is 0 Å². The first kappa shape index (κ1) is 20.4. The van der Waals surface area contributed by atoms with E-state index in [-0.39, 0.29) is 29.5 Å². The van der Waals surface area contributed by atoms with Gasteiger partial charge < -0.3 is 15.3 Å². The van der Waals surface area contributed by atoms with Crippen LogP contribution in [0.4, 0.5) is 0 Å². The second kappa shape index (κ2) is 7.12. The van der Waals surface area contributed by atoms with Crippen molar-refractivity contribution in [1.29, 1.82) is 0 Å². The summed E-state index contributed by atoms with van der Waals surface area (Å²) < 4.78 is 0. The zero-order valence-electron chi connectivity index (χ0n) is 17.8. The van der Waals surface area contributed by atoms with E-state index in [0.29, 0.717) is 30.1 Å². The monoisotopic (exact) mass is 390 g/mol. The highest BCUT2D eigenvalue weighted by molar-refractivity contribution is 5.66. The Bertz CT molecular complexity index is 670. The predicted molar refractivity (Wildman–Crippen MR) is 109 cm³/mol. The zero-order chi connectivity index (χ0) is 20.3. The van der Waals surface area contributed by atoms with Gasteiger partial charge in [0.25, 0.3) is 0 Å². The molecule has 0 radical (unpaired) electrons. The Morgan fingerprint density at radius 2 is 1.89 bits per heavy atom. The molecular formula is C24H38O4. The van der Waals surface area contributed by atoms with Gasteiger partial charge in [-0.25, -0.2) is 0 Å². The van der Waals surface area contributed by atoms with Crippen LogP contribution in [0.1, 0.15) is 85.0 Å². The molecule has 3 fully saturated rings. The van der Waals surface area contributed by atoms with Gasteiger partial charge in [0.2, 0.25) is 0 Å². The zero-order valence-corrected chi connectivity index (χ0v) is 17.8. The van der Waals surface area contributed by atoms with Gasteiger partial charge in [0.15, 0.2) is 0 Å². The fraction of sp³-hybridized carbons (Fsp3) is 0.875. The third-order valence-electron chi connectivity index (χ3n) is 9.65. The summed E-state index contributed by atoms with van der Waals surface area (Å²) in [6.45, 7) is 6.88. The summed E-state index contributed by atoms with van der Waals surface area (Å²) in [6, 6.07) is 0. The Hall–Kier alpha value is -0.870. The summed E-state index contributed by atoms with van der Waals surface area (Å²) in [5.74, 6) is 1.02. The maximum Gasteiger partial charge on any atom is 0.303 e. The molecule has 28 heavy (non-hydrogen) atoms. The number of carboxylic acid groups (broad SMARTS) is 1. The highest BCUT2D eigenvalue weighted by Gasteiger charge is 2.58. The lowest BCUT2D eigenvalue weighted by molar-refractivity contribution is -0.137. The molecule has 3 N–H and O–H groups in total. The van der Waals surface area contributed by atoms with Gasteiger partial charge in [-0.15, -0.1) is 0 Å². The van der Waals surface area contributed by atoms with E-state index in [1.807, 2.05) is 0 Å². The van der Waals surface area contributed by atoms with Crippen LogP contribution < -0.4 is 0 Å². The molecule has 0 spiro atoms. The first-order chi connectivity index (χ1) is 13.2. The van der Waals surface area contributed by atoms with Crippen molar-refractivity contribution in [3.63, 3.8) is 0 Å². The molecule has 4 nitrogen and oxygen atoms in total. The molecule has 0 unspecified atom stereocenters. The molecule has 0 aromatic heterocycles. The molecule has 0 bridgehead atoms. The average molecular weight is 391 g/mol.